The van der Waals surface area contributed by atoms with Gasteiger partial charge in [-0.15, -0.1) is 0 Å². The Bertz CT molecular complexity index is 808. The molecule has 2 amide bonds. The lowest BCUT2D eigenvalue weighted by Crippen LogP contribution is -2.48. The highest BCUT2D eigenvalue weighted by molar-refractivity contribution is 9.11. The number of anilines is 1. The predicted molar refractivity (Wildman–Crippen MR) is 120 cm³/mol. The largest absolute Gasteiger partial charge is 0.447 e. The fourth-order valence-corrected chi connectivity index (χ4v) is 4.47. The first kappa shape index (κ1) is 23.5. The van der Waals surface area contributed by atoms with Gasteiger partial charge in [0.1, 0.15) is 11.1 Å². The zero-order valence-electron chi connectivity index (χ0n) is 15.9. The van der Waals surface area contributed by atoms with Gasteiger partial charge in [-0.2, -0.15) is 0 Å². The van der Waals surface area contributed by atoms with Crippen LogP contribution in [0.3, 0.4) is 0 Å². The van der Waals surface area contributed by atoms with Gasteiger partial charge in [0.05, 0.1) is 17.1 Å². The lowest BCUT2D eigenvalue weighted by Gasteiger charge is -2.26. The van der Waals surface area contributed by atoms with Gasteiger partial charge >= 0.3 is 6.09 Å². The average molecular weight is 557 g/mol. The maximum atomic E-state index is 12.6. The van der Waals surface area contributed by atoms with Gasteiger partial charge in [0.2, 0.25) is 5.91 Å². The molecule has 0 aromatic heterocycles. The van der Waals surface area contributed by atoms with Gasteiger partial charge in [-0.25, -0.2) is 4.79 Å². The summed E-state index contributed by atoms with van der Waals surface area (Å²) >= 11 is 18.2. The molecule has 1 fully saturated rings. The Morgan fingerprint density at radius 1 is 1.29 bits per heavy atom. The Hall–Kier alpha value is -0.760. The molecule has 1 aromatic rings. The van der Waals surface area contributed by atoms with E-state index in [4.69, 9.17) is 27.9 Å². The second-order valence-corrected chi connectivity index (χ2v) is 10.8. The Kier molecular flexibility index (Phi) is 7.51. The van der Waals surface area contributed by atoms with Crippen molar-refractivity contribution in [3.63, 3.8) is 0 Å². The van der Waals surface area contributed by atoms with E-state index in [9.17, 15) is 9.59 Å². The summed E-state index contributed by atoms with van der Waals surface area (Å²) < 4.78 is 7.05. The van der Waals surface area contributed by atoms with Crippen LogP contribution in [0.1, 0.15) is 27.7 Å². The predicted octanol–water partition coefficient (Wildman–Crippen LogP) is 6.25. The normalized spacial score (nSPS) is 20.1. The average Bonchev–Trinajstić information content (AvgIpc) is 3.07. The Morgan fingerprint density at radius 2 is 1.93 bits per heavy atom. The van der Waals surface area contributed by atoms with Gasteiger partial charge in [0.25, 0.3) is 0 Å². The molecule has 154 valence electrons. The molecule has 0 radical (unpaired) electrons. The highest BCUT2D eigenvalue weighted by Crippen LogP contribution is 2.59. The number of amides is 2. The number of carbonyl (C=O) groups is 2. The van der Waals surface area contributed by atoms with Gasteiger partial charge in [-0.05, 0) is 65.4 Å². The van der Waals surface area contributed by atoms with Crippen LogP contribution >= 0.6 is 55.1 Å². The van der Waals surface area contributed by atoms with E-state index >= 15 is 0 Å². The van der Waals surface area contributed by atoms with E-state index in [-0.39, 0.29) is 34.3 Å². The molecule has 0 aliphatic heterocycles. The van der Waals surface area contributed by atoms with Crippen LogP contribution in [-0.2, 0) is 9.53 Å². The maximum absolute atomic E-state index is 12.6. The maximum Gasteiger partial charge on any atom is 0.411 e. The number of ether oxygens (including phenoxy) is 1. The number of halogens is 4. The van der Waals surface area contributed by atoms with Gasteiger partial charge < -0.3 is 10.1 Å². The van der Waals surface area contributed by atoms with E-state index < -0.39 is 11.6 Å². The van der Waals surface area contributed by atoms with Crippen LogP contribution in [0.4, 0.5) is 10.5 Å². The SMILES string of the molecule is CC(C)(COC(=O)Nc1ccc(Br)cc1Br)NC(=O)C1C(C=C(Cl)Cl)C1(C)C. The topological polar surface area (TPSA) is 67.4 Å². The molecule has 1 aliphatic carbocycles. The summed E-state index contributed by atoms with van der Waals surface area (Å²) in [6, 6.07) is 5.36. The first-order chi connectivity index (χ1) is 12.8. The molecular formula is C19H22Br2Cl2N2O3. The fraction of sp³-hybridized carbons (Fsp3) is 0.474. The first-order valence-electron chi connectivity index (χ1n) is 8.57. The number of nitrogens with one attached hydrogen (secondary N) is 2. The second-order valence-electron chi connectivity index (χ2n) is 7.98. The molecule has 28 heavy (non-hydrogen) atoms. The Balaban J connectivity index is 1.89. The van der Waals surface area contributed by atoms with Crippen LogP contribution in [0, 0.1) is 17.3 Å². The molecule has 2 rings (SSSR count). The summed E-state index contributed by atoms with van der Waals surface area (Å²) in [7, 11) is 0. The Morgan fingerprint density at radius 3 is 2.50 bits per heavy atom. The monoisotopic (exact) mass is 554 g/mol. The Labute approximate surface area is 191 Å². The first-order valence-corrected chi connectivity index (χ1v) is 10.9. The van der Waals surface area contributed by atoms with Crippen molar-refractivity contribution in [2.45, 2.75) is 33.2 Å². The third-order valence-corrected chi connectivity index (χ3v) is 6.09. The number of hydrogen-bond donors (Lipinski definition) is 2. The van der Waals surface area contributed by atoms with Crippen molar-refractivity contribution < 1.29 is 14.3 Å². The highest BCUT2D eigenvalue weighted by Gasteiger charge is 2.61. The van der Waals surface area contributed by atoms with E-state index in [2.05, 4.69) is 42.5 Å². The third kappa shape index (κ3) is 6.12. The molecule has 0 spiro atoms. The second kappa shape index (κ2) is 8.94. The minimum absolute atomic E-state index is 0.0165. The van der Waals surface area contributed by atoms with Gasteiger partial charge in [-0.3, -0.25) is 10.1 Å². The lowest BCUT2D eigenvalue weighted by atomic mass is 10.1. The molecule has 2 N–H and O–H groups in total. The summed E-state index contributed by atoms with van der Waals surface area (Å²) in [5.41, 5.74) is -0.369. The molecule has 1 aromatic carbocycles. The smallest absolute Gasteiger partial charge is 0.411 e. The molecule has 0 saturated heterocycles. The molecular weight excluding hydrogens is 535 g/mol. The zero-order valence-corrected chi connectivity index (χ0v) is 20.6. The van der Waals surface area contributed by atoms with Crippen LogP contribution in [0.15, 0.2) is 37.7 Å². The summed E-state index contributed by atoms with van der Waals surface area (Å²) in [5.74, 6) is -0.371. The summed E-state index contributed by atoms with van der Waals surface area (Å²) in [6.45, 7) is 7.58. The number of carbonyl (C=O) groups excluding carboxylic acids is 2. The van der Waals surface area contributed by atoms with Crippen LogP contribution in [0.2, 0.25) is 0 Å². The fourth-order valence-electron chi connectivity index (χ4n) is 3.06. The molecule has 2 unspecified atom stereocenters. The summed E-state index contributed by atoms with van der Waals surface area (Å²) in [6.07, 6.45) is 1.09. The van der Waals surface area contributed by atoms with Crippen molar-refractivity contribution in [3.05, 3.63) is 37.7 Å². The number of benzene rings is 1. The third-order valence-electron chi connectivity index (χ3n) is 4.69. The number of hydrogen-bond acceptors (Lipinski definition) is 3. The summed E-state index contributed by atoms with van der Waals surface area (Å²) in [4.78, 5) is 24.7. The number of rotatable bonds is 6. The van der Waals surface area contributed by atoms with Crippen molar-refractivity contribution in [1.82, 2.24) is 5.32 Å². The molecule has 5 nitrogen and oxygen atoms in total. The summed E-state index contributed by atoms with van der Waals surface area (Å²) in [5, 5.41) is 5.60. The lowest BCUT2D eigenvalue weighted by molar-refractivity contribution is -0.125. The van der Waals surface area contributed by atoms with Gasteiger partial charge in [0, 0.05) is 8.95 Å². The molecule has 0 heterocycles. The van der Waals surface area contributed by atoms with E-state index in [1.54, 1.807) is 32.1 Å². The van der Waals surface area contributed by atoms with Crippen molar-refractivity contribution >= 4 is 72.7 Å². The van der Waals surface area contributed by atoms with Crippen molar-refractivity contribution in [2.24, 2.45) is 17.3 Å². The van der Waals surface area contributed by atoms with Crippen LogP contribution in [0.5, 0.6) is 0 Å². The molecule has 9 heteroatoms. The van der Waals surface area contributed by atoms with Crippen molar-refractivity contribution in [2.75, 3.05) is 11.9 Å². The van der Waals surface area contributed by atoms with Crippen molar-refractivity contribution in [3.8, 4) is 0 Å². The van der Waals surface area contributed by atoms with Crippen molar-refractivity contribution in [1.29, 1.82) is 0 Å². The van der Waals surface area contributed by atoms with Gasteiger partial charge in [0.15, 0.2) is 0 Å². The zero-order chi connectivity index (χ0) is 21.3. The van der Waals surface area contributed by atoms with E-state index in [1.165, 1.54) is 0 Å². The number of allylic oxidation sites excluding steroid dienone is 1. The van der Waals surface area contributed by atoms with Crippen LogP contribution < -0.4 is 10.6 Å². The van der Waals surface area contributed by atoms with Gasteiger partial charge in [-0.1, -0.05) is 53.0 Å². The van der Waals surface area contributed by atoms with E-state index in [0.29, 0.717) is 5.69 Å². The molecule has 1 saturated carbocycles. The molecule has 0 bridgehead atoms. The minimum atomic E-state index is -0.733. The minimum Gasteiger partial charge on any atom is -0.447 e. The van der Waals surface area contributed by atoms with Crippen LogP contribution in [-0.4, -0.2) is 24.1 Å². The van der Waals surface area contributed by atoms with E-state index in [1.807, 2.05) is 19.9 Å². The quantitative estimate of drug-likeness (QED) is 0.435. The standard InChI is InChI=1S/C19H22Br2Cl2N2O3/c1-18(2,25-16(26)15-11(8-14(22)23)19(15,3)4)9-28-17(27)24-13-6-5-10(20)7-12(13)21/h5-8,11,15H,9H2,1-4H3,(H,24,27)(H,25,26). The van der Waals surface area contributed by atoms with E-state index in [0.717, 1.165) is 8.95 Å². The molecule has 2 atom stereocenters. The van der Waals surface area contributed by atoms with Crippen LogP contribution in [0.25, 0.3) is 0 Å². The molecule has 1 aliphatic rings. The highest BCUT2D eigenvalue weighted by atomic mass is 79.9.